The highest BCUT2D eigenvalue weighted by Crippen LogP contribution is 2.27. The molecule has 0 aliphatic carbocycles. The third-order valence-electron chi connectivity index (χ3n) is 2.82. The molecule has 0 unspecified atom stereocenters. The molecule has 128 valence electrons. The molecule has 0 spiro atoms. The van der Waals surface area contributed by atoms with E-state index in [1.807, 2.05) is 20.8 Å². The molecular weight excluding hydrogens is 311 g/mol. The molecule has 0 fully saturated rings. The van der Waals surface area contributed by atoms with Crippen LogP contribution in [0.25, 0.3) is 0 Å². The van der Waals surface area contributed by atoms with Gasteiger partial charge in [0.05, 0.1) is 12.1 Å². The summed E-state index contributed by atoms with van der Waals surface area (Å²) in [4.78, 5) is 28.6. The Hall–Kier alpha value is -2.12. The molecule has 1 aromatic heterocycles. The second-order valence-corrected chi connectivity index (χ2v) is 6.05. The molecule has 0 atom stereocenters. The van der Waals surface area contributed by atoms with Gasteiger partial charge in [0, 0.05) is 18.3 Å². The van der Waals surface area contributed by atoms with Gasteiger partial charge in [-0.2, -0.15) is 13.2 Å². The maximum atomic E-state index is 12.5. The van der Waals surface area contributed by atoms with Gasteiger partial charge in [-0.15, -0.1) is 0 Å². The van der Waals surface area contributed by atoms with E-state index in [9.17, 15) is 22.8 Å². The van der Waals surface area contributed by atoms with Crippen molar-refractivity contribution in [1.82, 2.24) is 15.2 Å². The number of nitrogens with zero attached hydrogens (tertiary/aromatic N) is 2. The SMILES string of the molecule is CCN(CC(=O)NC(C)(C)C)C(=O)c1ccc(C(F)(F)F)nc1. The summed E-state index contributed by atoms with van der Waals surface area (Å²) in [7, 11) is 0. The Kier molecular flexibility index (Phi) is 5.74. The van der Waals surface area contributed by atoms with Crippen molar-refractivity contribution in [3.63, 3.8) is 0 Å². The number of likely N-dealkylation sites (N-methyl/N-ethyl adjacent to an activating group) is 1. The first kappa shape index (κ1) is 18.9. The summed E-state index contributed by atoms with van der Waals surface area (Å²) in [6.07, 6.45) is -3.69. The van der Waals surface area contributed by atoms with E-state index in [0.29, 0.717) is 0 Å². The van der Waals surface area contributed by atoms with Gasteiger partial charge in [-0.1, -0.05) is 0 Å². The van der Waals surface area contributed by atoms with Crippen LogP contribution in [0.1, 0.15) is 43.7 Å². The highest BCUT2D eigenvalue weighted by molar-refractivity contribution is 5.96. The molecule has 0 aromatic carbocycles. The largest absolute Gasteiger partial charge is 0.433 e. The van der Waals surface area contributed by atoms with E-state index in [4.69, 9.17) is 0 Å². The van der Waals surface area contributed by atoms with Crippen LogP contribution < -0.4 is 5.32 Å². The van der Waals surface area contributed by atoms with Crippen molar-refractivity contribution in [1.29, 1.82) is 0 Å². The van der Waals surface area contributed by atoms with Gasteiger partial charge in [0.25, 0.3) is 5.91 Å². The maximum Gasteiger partial charge on any atom is 0.433 e. The molecule has 0 saturated carbocycles. The zero-order valence-corrected chi connectivity index (χ0v) is 13.5. The number of alkyl halides is 3. The minimum Gasteiger partial charge on any atom is -0.350 e. The van der Waals surface area contributed by atoms with Crippen molar-refractivity contribution in [3.8, 4) is 0 Å². The minimum atomic E-state index is -4.56. The van der Waals surface area contributed by atoms with Crippen molar-refractivity contribution in [3.05, 3.63) is 29.6 Å². The third kappa shape index (κ3) is 5.88. The van der Waals surface area contributed by atoms with E-state index < -0.39 is 23.3 Å². The Labute approximate surface area is 132 Å². The second-order valence-electron chi connectivity index (χ2n) is 6.05. The molecule has 0 bridgehead atoms. The number of halogens is 3. The van der Waals surface area contributed by atoms with Crippen LogP contribution in [0, 0.1) is 0 Å². The first-order chi connectivity index (χ1) is 10.4. The smallest absolute Gasteiger partial charge is 0.350 e. The van der Waals surface area contributed by atoms with Crippen molar-refractivity contribution in [2.75, 3.05) is 13.1 Å². The molecule has 1 heterocycles. The van der Waals surface area contributed by atoms with Gasteiger partial charge >= 0.3 is 6.18 Å². The summed E-state index contributed by atoms with van der Waals surface area (Å²) in [6, 6.07) is 1.80. The topological polar surface area (TPSA) is 62.3 Å². The highest BCUT2D eigenvalue weighted by atomic mass is 19.4. The van der Waals surface area contributed by atoms with Crippen molar-refractivity contribution >= 4 is 11.8 Å². The lowest BCUT2D eigenvalue weighted by atomic mass is 10.1. The summed E-state index contributed by atoms with van der Waals surface area (Å²) < 4.78 is 37.4. The molecular formula is C15H20F3N3O2. The summed E-state index contributed by atoms with van der Waals surface area (Å²) in [5, 5.41) is 2.72. The monoisotopic (exact) mass is 331 g/mol. The molecule has 0 aliphatic rings. The number of amides is 2. The van der Waals surface area contributed by atoms with Crippen LogP contribution in [0.4, 0.5) is 13.2 Å². The summed E-state index contributed by atoms with van der Waals surface area (Å²) in [5.74, 6) is -0.884. The fraction of sp³-hybridized carbons (Fsp3) is 0.533. The number of carbonyl (C=O) groups excluding carboxylic acids is 2. The van der Waals surface area contributed by atoms with E-state index in [-0.39, 0.29) is 24.6 Å². The number of rotatable bonds is 4. The molecule has 8 heteroatoms. The molecule has 2 amide bonds. The number of nitrogens with one attached hydrogen (secondary N) is 1. The van der Waals surface area contributed by atoms with Crippen LogP contribution in [-0.4, -0.2) is 40.3 Å². The summed E-state index contributed by atoms with van der Waals surface area (Å²) in [6.45, 7) is 7.18. The van der Waals surface area contributed by atoms with Crippen LogP contribution in [0.15, 0.2) is 18.3 Å². The predicted molar refractivity (Wildman–Crippen MR) is 78.7 cm³/mol. The van der Waals surface area contributed by atoms with Crippen LogP contribution >= 0.6 is 0 Å². The molecule has 0 aliphatic heterocycles. The van der Waals surface area contributed by atoms with Gasteiger partial charge in [0.1, 0.15) is 5.69 Å². The quantitative estimate of drug-likeness (QED) is 0.922. The Morgan fingerprint density at radius 2 is 1.83 bits per heavy atom. The number of carbonyl (C=O) groups is 2. The van der Waals surface area contributed by atoms with E-state index in [1.165, 1.54) is 4.90 Å². The predicted octanol–water partition coefficient (Wildman–Crippen LogP) is 2.48. The number of hydrogen-bond donors (Lipinski definition) is 1. The van der Waals surface area contributed by atoms with Gasteiger partial charge in [-0.3, -0.25) is 14.6 Å². The molecule has 1 rings (SSSR count). The molecule has 1 aromatic rings. The average Bonchev–Trinajstić information content (AvgIpc) is 2.41. The van der Waals surface area contributed by atoms with Gasteiger partial charge in [0.15, 0.2) is 0 Å². The maximum absolute atomic E-state index is 12.5. The lowest BCUT2D eigenvalue weighted by Gasteiger charge is -2.25. The number of aromatic nitrogens is 1. The van der Waals surface area contributed by atoms with Crippen molar-refractivity contribution in [2.24, 2.45) is 0 Å². The second kappa shape index (κ2) is 6.97. The van der Waals surface area contributed by atoms with Gasteiger partial charge in [-0.05, 0) is 39.8 Å². The van der Waals surface area contributed by atoms with Crippen LogP contribution in [0.5, 0.6) is 0 Å². The zero-order valence-electron chi connectivity index (χ0n) is 13.5. The molecule has 23 heavy (non-hydrogen) atoms. The van der Waals surface area contributed by atoms with Crippen LogP contribution in [0.2, 0.25) is 0 Å². The Morgan fingerprint density at radius 1 is 1.22 bits per heavy atom. The standard InChI is InChI=1S/C15H20F3N3O2/c1-5-21(9-12(22)20-14(2,3)4)13(23)10-6-7-11(19-8-10)15(16,17)18/h6-8H,5,9H2,1-4H3,(H,20,22). The molecule has 0 saturated heterocycles. The fourth-order valence-electron chi connectivity index (χ4n) is 1.83. The zero-order chi connectivity index (χ0) is 17.8. The van der Waals surface area contributed by atoms with E-state index in [1.54, 1.807) is 6.92 Å². The van der Waals surface area contributed by atoms with Gasteiger partial charge in [-0.25, -0.2) is 0 Å². The minimum absolute atomic E-state index is 0.00316. The Morgan fingerprint density at radius 3 is 2.22 bits per heavy atom. The van der Waals surface area contributed by atoms with E-state index >= 15 is 0 Å². The lowest BCUT2D eigenvalue weighted by molar-refractivity contribution is -0.141. The first-order valence-electron chi connectivity index (χ1n) is 7.07. The van der Waals surface area contributed by atoms with Crippen LogP contribution in [-0.2, 0) is 11.0 Å². The van der Waals surface area contributed by atoms with Crippen LogP contribution in [0.3, 0.4) is 0 Å². The van der Waals surface area contributed by atoms with Gasteiger partial charge in [0.2, 0.25) is 5.91 Å². The number of pyridine rings is 1. The molecule has 0 radical (unpaired) electrons. The van der Waals surface area contributed by atoms with E-state index in [2.05, 4.69) is 10.3 Å². The van der Waals surface area contributed by atoms with E-state index in [0.717, 1.165) is 18.3 Å². The molecule has 5 nitrogen and oxygen atoms in total. The highest BCUT2D eigenvalue weighted by Gasteiger charge is 2.32. The third-order valence-corrected chi connectivity index (χ3v) is 2.82. The normalized spacial score (nSPS) is 12.0. The summed E-state index contributed by atoms with van der Waals surface area (Å²) >= 11 is 0. The Bertz CT molecular complexity index is 563. The molecule has 1 N–H and O–H groups in total. The lowest BCUT2D eigenvalue weighted by Crippen LogP contribution is -2.47. The first-order valence-corrected chi connectivity index (χ1v) is 7.07. The fourth-order valence-corrected chi connectivity index (χ4v) is 1.83. The Balaban J connectivity index is 2.82. The average molecular weight is 331 g/mol. The van der Waals surface area contributed by atoms with Crippen molar-refractivity contribution in [2.45, 2.75) is 39.4 Å². The number of hydrogen-bond acceptors (Lipinski definition) is 3. The summed E-state index contributed by atoms with van der Waals surface area (Å²) in [5.41, 5.74) is -1.50. The van der Waals surface area contributed by atoms with Gasteiger partial charge < -0.3 is 10.2 Å². The van der Waals surface area contributed by atoms with Crippen molar-refractivity contribution < 1.29 is 22.8 Å².